The quantitative estimate of drug-likeness (QED) is 0.132. The molecule has 1 N–H and O–H groups in total. The Balaban J connectivity index is 0.00000282. The standard InChI is InChI=1S/C39H59ClN2OS.C2H6/c1-8-11-33-26-35(40)18-20-37(33)39(5,22-9-2)28-42(6)27-34-17-19-36(34)38-25-31(21-23-43-38)12-10-24-44(7)41-30(4)32-15-13-29(3)14-16-32;1-2/h9,13,15-16,18,20,26,29,31,34,36,38,41H,2,4,7-8,10-12,14,17,19,21-25,27-28H2,1,3,5-6H3;1-2H3. The third-order valence-corrected chi connectivity index (χ3v) is 11.9. The fourth-order valence-corrected chi connectivity index (χ4v) is 9.10. The SMILES string of the molecule is C=CCC(C)(CN(C)CC1CCC1C1CC(CCCS(=C)NC(=C)C2=CCC(C)C=C2)CCO1)c1ccc(Cl)cc1CCC.CC. The second-order valence-electron chi connectivity index (χ2n) is 14.3. The Morgan fingerprint density at radius 1 is 1.24 bits per heavy atom. The van der Waals surface area contributed by atoms with Crippen molar-refractivity contribution >= 4 is 28.1 Å². The second kappa shape index (κ2) is 19.4. The minimum atomic E-state index is -0.0875. The van der Waals surface area contributed by atoms with Crippen LogP contribution in [-0.4, -0.2) is 49.4 Å². The molecule has 7 unspecified atom stereocenters. The summed E-state index contributed by atoms with van der Waals surface area (Å²) >= 11 is 6.42. The van der Waals surface area contributed by atoms with Crippen LogP contribution in [0.1, 0.15) is 104 Å². The van der Waals surface area contributed by atoms with Gasteiger partial charge in [0.1, 0.15) is 0 Å². The van der Waals surface area contributed by atoms with E-state index in [9.17, 15) is 0 Å². The number of aryl methyl sites for hydroxylation is 1. The lowest BCUT2D eigenvalue weighted by atomic mass is 9.67. The summed E-state index contributed by atoms with van der Waals surface area (Å²) in [7, 11) is 2.23. The van der Waals surface area contributed by atoms with Gasteiger partial charge >= 0.3 is 0 Å². The van der Waals surface area contributed by atoms with Crippen LogP contribution in [0.25, 0.3) is 0 Å². The van der Waals surface area contributed by atoms with E-state index in [1.54, 1.807) is 0 Å². The number of likely N-dealkylation sites (N-methyl/N-ethyl adjacent to an activating group) is 1. The lowest BCUT2D eigenvalue weighted by molar-refractivity contribution is -0.0893. The molecule has 0 aromatic heterocycles. The summed E-state index contributed by atoms with van der Waals surface area (Å²) in [6.07, 6.45) is 21.1. The number of halogens is 1. The van der Waals surface area contributed by atoms with E-state index in [0.717, 1.165) is 73.7 Å². The molecule has 0 radical (unpaired) electrons. The van der Waals surface area contributed by atoms with Gasteiger partial charge in [0.25, 0.3) is 0 Å². The van der Waals surface area contributed by atoms with Gasteiger partial charge in [-0.3, -0.25) is 0 Å². The number of hydrogen-bond acceptors (Lipinski definition) is 3. The number of allylic oxidation sites excluding steroid dienone is 4. The molecule has 7 atom stereocenters. The van der Waals surface area contributed by atoms with Crippen LogP contribution in [0.4, 0.5) is 0 Å². The van der Waals surface area contributed by atoms with Crippen LogP contribution in [-0.2, 0) is 16.6 Å². The van der Waals surface area contributed by atoms with E-state index < -0.39 is 0 Å². The maximum Gasteiger partial charge on any atom is 0.0609 e. The normalized spacial score (nSPS) is 26.2. The number of benzene rings is 1. The van der Waals surface area contributed by atoms with Crippen molar-refractivity contribution in [1.82, 2.24) is 9.62 Å². The second-order valence-corrected chi connectivity index (χ2v) is 16.3. The first-order valence-corrected chi connectivity index (χ1v) is 20.1. The monoisotopic (exact) mass is 668 g/mol. The first-order chi connectivity index (χ1) is 22.1. The summed E-state index contributed by atoms with van der Waals surface area (Å²) in [6, 6.07) is 6.51. The zero-order valence-electron chi connectivity index (χ0n) is 30.1. The molecule has 0 bridgehead atoms. The van der Waals surface area contributed by atoms with Gasteiger partial charge < -0.3 is 14.4 Å². The molecule has 1 aromatic rings. The van der Waals surface area contributed by atoms with Gasteiger partial charge in [-0.2, -0.15) is 0 Å². The smallest absolute Gasteiger partial charge is 0.0609 e. The summed E-state index contributed by atoms with van der Waals surface area (Å²) in [5, 5.41) is 0.837. The molecule has 2 aliphatic carbocycles. The van der Waals surface area contributed by atoms with Crippen molar-refractivity contribution < 1.29 is 4.74 Å². The van der Waals surface area contributed by atoms with E-state index >= 15 is 0 Å². The lowest BCUT2D eigenvalue weighted by Crippen LogP contribution is -2.47. The molecule has 1 aromatic carbocycles. The average Bonchev–Trinajstić information content (AvgIpc) is 3.01. The topological polar surface area (TPSA) is 24.5 Å². The molecule has 1 saturated carbocycles. The van der Waals surface area contributed by atoms with Crippen LogP contribution in [0.5, 0.6) is 0 Å². The van der Waals surface area contributed by atoms with E-state index in [1.165, 1.54) is 55.2 Å². The van der Waals surface area contributed by atoms with Crippen molar-refractivity contribution in [1.29, 1.82) is 0 Å². The van der Waals surface area contributed by atoms with Crippen LogP contribution < -0.4 is 4.72 Å². The maximum absolute atomic E-state index is 6.45. The number of hydrogen-bond donors (Lipinski definition) is 1. The summed E-state index contributed by atoms with van der Waals surface area (Å²) in [6.45, 7) is 22.4. The Hall–Kier alpha value is -1.59. The highest BCUT2D eigenvalue weighted by molar-refractivity contribution is 8.12. The van der Waals surface area contributed by atoms with Gasteiger partial charge in [0.05, 0.1) is 6.10 Å². The molecular weight excluding hydrogens is 604 g/mol. The predicted molar refractivity (Wildman–Crippen MR) is 207 cm³/mol. The Kier molecular flexibility index (Phi) is 16.4. The number of nitrogens with one attached hydrogen (secondary N) is 1. The number of nitrogens with zero attached hydrogens (tertiary/aromatic N) is 1. The van der Waals surface area contributed by atoms with Crippen molar-refractivity contribution in [2.75, 3.05) is 32.5 Å². The lowest BCUT2D eigenvalue weighted by Gasteiger charge is -2.47. The van der Waals surface area contributed by atoms with Gasteiger partial charge in [0.15, 0.2) is 0 Å². The molecule has 258 valence electrons. The fourth-order valence-electron chi connectivity index (χ4n) is 7.82. The molecule has 1 saturated heterocycles. The summed E-state index contributed by atoms with van der Waals surface area (Å²) < 4.78 is 10.0. The molecule has 46 heavy (non-hydrogen) atoms. The molecule has 0 amide bonds. The molecule has 3 nitrogen and oxygen atoms in total. The van der Waals surface area contributed by atoms with Gasteiger partial charge in [0, 0.05) is 41.6 Å². The maximum atomic E-state index is 6.45. The highest BCUT2D eigenvalue weighted by Crippen LogP contribution is 2.43. The van der Waals surface area contributed by atoms with E-state index in [2.05, 4.69) is 99.0 Å². The molecule has 4 rings (SSSR count). The molecule has 0 spiro atoms. The largest absolute Gasteiger partial charge is 0.378 e. The van der Waals surface area contributed by atoms with Crippen LogP contribution in [0.3, 0.4) is 0 Å². The third-order valence-electron chi connectivity index (χ3n) is 10.3. The van der Waals surface area contributed by atoms with Crippen LogP contribution >= 0.6 is 22.3 Å². The third kappa shape index (κ3) is 11.2. The van der Waals surface area contributed by atoms with E-state index in [1.807, 2.05) is 13.8 Å². The van der Waals surface area contributed by atoms with Gasteiger partial charge in [-0.25, -0.2) is 0 Å². The van der Waals surface area contributed by atoms with Crippen LogP contribution in [0.15, 0.2) is 66.9 Å². The molecule has 2 fully saturated rings. The Bertz CT molecular complexity index is 1210. The van der Waals surface area contributed by atoms with Gasteiger partial charge in [-0.15, -0.1) is 17.2 Å². The van der Waals surface area contributed by atoms with Crippen molar-refractivity contribution in [2.24, 2.45) is 23.7 Å². The molecule has 1 heterocycles. The Morgan fingerprint density at radius 3 is 2.67 bits per heavy atom. The molecule has 1 aliphatic heterocycles. The Labute approximate surface area is 291 Å². The van der Waals surface area contributed by atoms with Crippen molar-refractivity contribution in [3.63, 3.8) is 0 Å². The summed E-state index contributed by atoms with van der Waals surface area (Å²) in [5.74, 6) is 8.35. The average molecular weight is 670 g/mol. The van der Waals surface area contributed by atoms with E-state index in [4.69, 9.17) is 16.3 Å². The molecule has 5 heteroatoms. The summed E-state index contributed by atoms with van der Waals surface area (Å²) in [4.78, 5) is 2.58. The zero-order valence-corrected chi connectivity index (χ0v) is 31.7. The predicted octanol–water partition coefficient (Wildman–Crippen LogP) is 10.9. The minimum absolute atomic E-state index is 0.0216. The Morgan fingerprint density at radius 2 is 2.02 bits per heavy atom. The van der Waals surface area contributed by atoms with Crippen molar-refractivity contribution in [3.05, 3.63) is 83.1 Å². The highest BCUT2D eigenvalue weighted by atomic mass is 35.5. The van der Waals surface area contributed by atoms with Crippen LogP contribution in [0.2, 0.25) is 5.02 Å². The fraction of sp³-hybridized carbons (Fsp3) is 0.634. The molecule has 3 aliphatic rings. The van der Waals surface area contributed by atoms with E-state index in [-0.39, 0.29) is 16.1 Å². The summed E-state index contributed by atoms with van der Waals surface area (Å²) in [5.41, 5.74) is 5.10. The van der Waals surface area contributed by atoms with Gasteiger partial charge in [-0.05, 0) is 117 Å². The molecular formula is C41H65ClN2OS. The highest BCUT2D eigenvalue weighted by Gasteiger charge is 2.41. The van der Waals surface area contributed by atoms with Gasteiger partial charge in [0.2, 0.25) is 0 Å². The van der Waals surface area contributed by atoms with Crippen molar-refractivity contribution in [2.45, 2.75) is 110 Å². The first-order valence-electron chi connectivity index (χ1n) is 18.2. The van der Waals surface area contributed by atoms with Crippen molar-refractivity contribution in [3.8, 4) is 0 Å². The van der Waals surface area contributed by atoms with Gasteiger partial charge in [-0.1, -0.05) is 95.5 Å². The number of ether oxygens (including phenoxy) is 1. The minimum Gasteiger partial charge on any atom is -0.378 e. The van der Waals surface area contributed by atoms with E-state index in [0.29, 0.717) is 17.9 Å². The zero-order chi connectivity index (χ0) is 33.7. The van der Waals surface area contributed by atoms with Crippen LogP contribution in [0, 0.1) is 23.7 Å². The number of rotatable bonds is 17. The first kappa shape index (κ1) is 38.9.